The van der Waals surface area contributed by atoms with Crippen molar-refractivity contribution in [2.45, 2.75) is 18.6 Å². The number of amides is 2. The van der Waals surface area contributed by atoms with Crippen LogP contribution in [-0.2, 0) is 10.0 Å². The third-order valence-corrected chi connectivity index (χ3v) is 6.41. The molecule has 7 heteroatoms. The van der Waals surface area contributed by atoms with Gasteiger partial charge in [-0.25, -0.2) is 13.1 Å². The Labute approximate surface area is 152 Å². The number of carbonyl (C=O) groups is 2. The molecule has 0 radical (unpaired) electrons. The number of benzene rings is 2. The maximum absolute atomic E-state index is 12.6. The lowest BCUT2D eigenvalue weighted by Gasteiger charge is -2.17. The number of nitrogens with one attached hydrogen (secondary N) is 1. The fourth-order valence-electron chi connectivity index (χ4n) is 2.74. The number of sulfonamides is 1. The van der Waals surface area contributed by atoms with Gasteiger partial charge in [0.15, 0.2) is 0 Å². The van der Waals surface area contributed by atoms with Gasteiger partial charge in [0.05, 0.1) is 5.25 Å². The average molecular weight is 372 g/mol. The molecule has 1 aliphatic carbocycles. The van der Waals surface area contributed by atoms with Crippen molar-refractivity contribution in [3.8, 4) is 0 Å². The van der Waals surface area contributed by atoms with Gasteiger partial charge in [-0.1, -0.05) is 31.2 Å². The summed E-state index contributed by atoms with van der Waals surface area (Å²) in [6.45, 7) is 1.83. The molecule has 136 valence electrons. The molecule has 2 aromatic rings. The maximum Gasteiger partial charge on any atom is 0.264 e. The Morgan fingerprint density at radius 2 is 1.65 bits per heavy atom. The minimum absolute atomic E-state index is 0.0627. The van der Waals surface area contributed by atoms with Crippen molar-refractivity contribution < 1.29 is 18.0 Å². The Hall–Kier alpha value is -2.67. The summed E-state index contributed by atoms with van der Waals surface area (Å²) in [6.07, 6.45) is 0.559. The fraction of sp³-hybridized carbons (Fsp3) is 0.263. The van der Waals surface area contributed by atoms with E-state index in [4.69, 9.17) is 0 Å². The van der Waals surface area contributed by atoms with Crippen molar-refractivity contribution >= 4 is 27.5 Å². The van der Waals surface area contributed by atoms with Gasteiger partial charge in [-0.2, -0.15) is 0 Å². The number of nitrogens with zero attached hydrogens (tertiary/aromatic N) is 1. The minimum atomic E-state index is -3.67. The minimum Gasteiger partial charge on any atom is -0.311 e. The van der Waals surface area contributed by atoms with Crippen LogP contribution in [0, 0.1) is 5.92 Å². The quantitative estimate of drug-likeness (QED) is 0.874. The molecule has 0 bridgehead atoms. The van der Waals surface area contributed by atoms with Gasteiger partial charge in [0.25, 0.3) is 11.8 Å². The predicted octanol–water partition coefficient (Wildman–Crippen LogP) is 2.43. The van der Waals surface area contributed by atoms with Crippen molar-refractivity contribution in [2.24, 2.45) is 5.92 Å². The van der Waals surface area contributed by atoms with E-state index in [0.717, 1.165) is 5.69 Å². The molecular formula is C19H20N2O4S. The summed E-state index contributed by atoms with van der Waals surface area (Å²) >= 11 is 0. The molecule has 0 saturated heterocycles. The third-order valence-electron chi connectivity index (χ3n) is 4.49. The Morgan fingerprint density at radius 1 is 1.04 bits per heavy atom. The van der Waals surface area contributed by atoms with Crippen molar-refractivity contribution in [2.75, 3.05) is 11.9 Å². The molecule has 0 unspecified atom stereocenters. The van der Waals surface area contributed by atoms with Crippen LogP contribution in [0.15, 0.2) is 54.6 Å². The first-order valence-corrected chi connectivity index (χ1v) is 9.83. The fourth-order valence-corrected chi connectivity index (χ4v) is 4.44. The average Bonchev–Trinajstić information content (AvgIpc) is 3.39. The summed E-state index contributed by atoms with van der Waals surface area (Å²) in [7, 11) is -2.03. The highest BCUT2D eigenvalue weighted by molar-refractivity contribution is 7.91. The van der Waals surface area contributed by atoms with Crippen LogP contribution in [0.3, 0.4) is 0 Å². The van der Waals surface area contributed by atoms with E-state index in [9.17, 15) is 18.0 Å². The molecule has 1 aliphatic rings. The molecule has 3 rings (SSSR count). The number of hydrogen-bond donors (Lipinski definition) is 1. The Morgan fingerprint density at radius 3 is 2.27 bits per heavy atom. The van der Waals surface area contributed by atoms with Gasteiger partial charge >= 0.3 is 0 Å². The SMILES string of the molecule is C[C@@H]1C[C@H]1S(=O)(=O)NC(=O)c1cccc(C(=O)N(C)c2ccccc2)c1. The number of para-hydroxylation sites is 1. The molecule has 2 aromatic carbocycles. The lowest BCUT2D eigenvalue weighted by atomic mass is 10.1. The molecule has 1 N–H and O–H groups in total. The summed E-state index contributed by atoms with van der Waals surface area (Å²) in [6, 6.07) is 15.2. The number of carbonyl (C=O) groups excluding carboxylic acids is 2. The van der Waals surface area contributed by atoms with E-state index >= 15 is 0 Å². The van der Waals surface area contributed by atoms with E-state index < -0.39 is 21.2 Å². The van der Waals surface area contributed by atoms with Gasteiger partial charge < -0.3 is 4.90 Å². The monoisotopic (exact) mass is 372 g/mol. The van der Waals surface area contributed by atoms with Gasteiger partial charge in [0.2, 0.25) is 10.0 Å². The van der Waals surface area contributed by atoms with Crippen LogP contribution in [0.2, 0.25) is 0 Å². The van der Waals surface area contributed by atoms with Gasteiger partial charge in [0.1, 0.15) is 0 Å². The summed E-state index contributed by atoms with van der Waals surface area (Å²) in [5.41, 5.74) is 1.16. The largest absolute Gasteiger partial charge is 0.311 e. The summed E-state index contributed by atoms with van der Waals surface area (Å²) in [5.74, 6) is -0.946. The van der Waals surface area contributed by atoms with Crippen LogP contribution in [0.5, 0.6) is 0 Å². The molecule has 26 heavy (non-hydrogen) atoms. The zero-order chi connectivity index (χ0) is 18.9. The Kier molecular flexibility index (Phi) is 4.82. The van der Waals surface area contributed by atoms with E-state index in [2.05, 4.69) is 4.72 Å². The molecular weight excluding hydrogens is 352 g/mol. The maximum atomic E-state index is 12.6. The Balaban J connectivity index is 1.77. The van der Waals surface area contributed by atoms with Crippen LogP contribution in [0.25, 0.3) is 0 Å². The number of hydrogen-bond acceptors (Lipinski definition) is 4. The van der Waals surface area contributed by atoms with Crippen LogP contribution >= 0.6 is 0 Å². The Bertz CT molecular complexity index is 941. The molecule has 1 fully saturated rings. The van der Waals surface area contributed by atoms with Gasteiger partial charge in [-0.05, 0) is 42.7 Å². The molecule has 0 spiro atoms. The topological polar surface area (TPSA) is 83.5 Å². The lowest BCUT2D eigenvalue weighted by molar-refractivity contribution is 0.0981. The van der Waals surface area contributed by atoms with Gasteiger partial charge in [-0.3, -0.25) is 9.59 Å². The normalized spacial score (nSPS) is 18.8. The summed E-state index contributed by atoms with van der Waals surface area (Å²) in [5, 5.41) is -0.513. The highest BCUT2D eigenvalue weighted by Crippen LogP contribution is 2.35. The van der Waals surface area contributed by atoms with Crippen molar-refractivity contribution in [3.05, 3.63) is 65.7 Å². The zero-order valence-corrected chi connectivity index (χ0v) is 15.4. The van der Waals surface area contributed by atoms with E-state index in [0.29, 0.717) is 12.0 Å². The molecule has 6 nitrogen and oxygen atoms in total. The highest BCUT2D eigenvalue weighted by Gasteiger charge is 2.44. The molecule has 2 atom stereocenters. The van der Waals surface area contributed by atoms with Gasteiger partial charge in [0, 0.05) is 23.9 Å². The summed E-state index contributed by atoms with van der Waals surface area (Å²) in [4.78, 5) is 26.4. The first-order valence-electron chi connectivity index (χ1n) is 8.29. The standard InChI is InChI=1S/C19H20N2O4S/c1-13-11-17(13)26(24,25)20-18(22)14-7-6-8-15(12-14)19(23)21(2)16-9-4-3-5-10-16/h3-10,12-13,17H,11H2,1-2H3,(H,20,22)/t13-,17-/m1/s1. The van der Waals surface area contributed by atoms with Crippen molar-refractivity contribution in [1.82, 2.24) is 4.72 Å². The molecule has 1 saturated carbocycles. The van der Waals surface area contributed by atoms with E-state index in [1.807, 2.05) is 25.1 Å². The van der Waals surface area contributed by atoms with Crippen molar-refractivity contribution in [3.63, 3.8) is 0 Å². The number of rotatable bonds is 5. The molecule has 2 amide bonds. The second kappa shape index (κ2) is 6.92. The second-order valence-electron chi connectivity index (χ2n) is 6.51. The van der Waals surface area contributed by atoms with Crippen molar-refractivity contribution in [1.29, 1.82) is 0 Å². The van der Waals surface area contributed by atoms with E-state index in [1.165, 1.54) is 17.0 Å². The third kappa shape index (κ3) is 3.77. The zero-order valence-electron chi connectivity index (χ0n) is 14.5. The van der Waals surface area contributed by atoms with Crippen LogP contribution < -0.4 is 9.62 Å². The van der Waals surface area contributed by atoms with E-state index in [-0.39, 0.29) is 17.4 Å². The number of anilines is 1. The molecule has 0 heterocycles. The lowest BCUT2D eigenvalue weighted by Crippen LogP contribution is -2.34. The predicted molar refractivity (Wildman–Crippen MR) is 99.6 cm³/mol. The second-order valence-corrected chi connectivity index (χ2v) is 8.41. The smallest absolute Gasteiger partial charge is 0.264 e. The van der Waals surface area contributed by atoms with Crippen LogP contribution in [0.1, 0.15) is 34.1 Å². The first-order chi connectivity index (χ1) is 12.3. The highest BCUT2D eigenvalue weighted by atomic mass is 32.2. The molecule has 0 aliphatic heterocycles. The molecule has 0 aromatic heterocycles. The van der Waals surface area contributed by atoms with Crippen LogP contribution in [0.4, 0.5) is 5.69 Å². The first kappa shape index (κ1) is 18.1. The van der Waals surface area contributed by atoms with Crippen LogP contribution in [-0.4, -0.2) is 32.5 Å². The van der Waals surface area contributed by atoms with E-state index in [1.54, 1.807) is 31.3 Å². The summed E-state index contributed by atoms with van der Waals surface area (Å²) < 4.78 is 26.3. The van der Waals surface area contributed by atoms with Gasteiger partial charge in [-0.15, -0.1) is 0 Å².